The molecule has 0 unspecified atom stereocenters. The topological polar surface area (TPSA) is 67.0 Å². The van der Waals surface area contributed by atoms with Crippen molar-refractivity contribution in [2.75, 3.05) is 13.2 Å². The minimum absolute atomic E-state index is 0.182. The molecule has 1 aromatic carbocycles. The number of aromatic amines is 1. The first-order valence-corrected chi connectivity index (χ1v) is 7.64. The van der Waals surface area contributed by atoms with Crippen molar-refractivity contribution in [2.24, 2.45) is 5.92 Å². The maximum absolute atomic E-state index is 11.7. The van der Waals surface area contributed by atoms with Gasteiger partial charge in [-0.1, -0.05) is 26.0 Å². The molecule has 5 heteroatoms. The number of nitrogens with one attached hydrogen (secondary N) is 2. The molecule has 0 aliphatic carbocycles. The van der Waals surface area contributed by atoms with E-state index in [-0.39, 0.29) is 5.91 Å². The van der Waals surface area contributed by atoms with Crippen LogP contribution in [-0.2, 0) is 6.42 Å². The number of H-pyrrole nitrogens is 1. The molecule has 2 rings (SSSR count). The first kappa shape index (κ1) is 16.1. The van der Waals surface area contributed by atoms with Crippen molar-refractivity contribution >= 4 is 5.91 Å². The van der Waals surface area contributed by atoms with Crippen molar-refractivity contribution in [1.82, 2.24) is 15.3 Å². The zero-order valence-corrected chi connectivity index (χ0v) is 13.1. The van der Waals surface area contributed by atoms with Crippen molar-refractivity contribution < 1.29 is 9.53 Å². The highest BCUT2D eigenvalue weighted by molar-refractivity contribution is 5.90. The van der Waals surface area contributed by atoms with Gasteiger partial charge in [-0.25, -0.2) is 4.98 Å². The molecular weight excluding hydrogens is 278 g/mol. The summed E-state index contributed by atoms with van der Waals surface area (Å²) >= 11 is 0. The highest BCUT2D eigenvalue weighted by Crippen LogP contribution is 2.13. The van der Waals surface area contributed by atoms with Gasteiger partial charge in [0.05, 0.1) is 6.61 Å². The molecule has 0 radical (unpaired) electrons. The lowest BCUT2D eigenvalue weighted by Crippen LogP contribution is -2.26. The van der Waals surface area contributed by atoms with E-state index in [2.05, 4.69) is 29.1 Å². The molecule has 0 saturated heterocycles. The highest BCUT2D eigenvalue weighted by atomic mass is 16.5. The molecule has 0 spiro atoms. The lowest BCUT2D eigenvalue weighted by molar-refractivity contribution is 0.0944. The van der Waals surface area contributed by atoms with Gasteiger partial charge in [0.2, 0.25) is 0 Å². The second-order valence-electron chi connectivity index (χ2n) is 5.62. The Morgan fingerprint density at radius 2 is 2.09 bits per heavy atom. The number of hydrogen-bond acceptors (Lipinski definition) is 3. The monoisotopic (exact) mass is 301 g/mol. The summed E-state index contributed by atoms with van der Waals surface area (Å²) in [6.45, 7) is 5.69. The van der Waals surface area contributed by atoms with Gasteiger partial charge in [0.15, 0.2) is 5.82 Å². The van der Waals surface area contributed by atoms with Crippen LogP contribution >= 0.6 is 0 Å². The van der Waals surface area contributed by atoms with E-state index in [1.54, 1.807) is 12.4 Å². The van der Waals surface area contributed by atoms with Crippen LogP contribution in [0.2, 0.25) is 0 Å². The molecule has 5 nitrogen and oxygen atoms in total. The fourth-order valence-corrected chi connectivity index (χ4v) is 1.96. The third kappa shape index (κ3) is 5.24. The molecule has 0 fully saturated rings. The molecule has 1 amide bonds. The fourth-order valence-electron chi connectivity index (χ4n) is 1.96. The van der Waals surface area contributed by atoms with E-state index in [0.717, 1.165) is 30.8 Å². The standard InChI is InChI=1S/C17H23N3O2/c1-13(2)8-12-22-15-5-3-14(4-6-15)7-9-20-17(21)16-18-10-11-19-16/h3-6,10-11,13H,7-9,12H2,1-2H3,(H,18,19)(H,20,21). The third-order valence-electron chi connectivity index (χ3n) is 3.30. The van der Waals surface area contributed by atoms with Crippen LogP contribution < -0.4 is 10.1 Å². The Morgan fingerprint density at radius 1 is 1.32 bits per heavy atom. The number of ether oxygens (including phenoxy) is 1. The highest BCUT2D eigenvalue weighted by Gasteiger charge is 2.06. The normalized spacial score (nSPS) is 10.7. The number of nitrogens with zero attached hydrogens (tertiary/aromatic N) is 1. The number of imidazole rings is 1. The van der Waals surface area contributed by atoms with Gasteiger partial charge >= 0.3 is 0 Å². The van der Waals surface area contributed by atoms with Crippen LogP contribution in [0.1, 0.15) is 36.5 Å². The molecule has 0 aliphatic heterocycles. The summed E-state index contributed by atoms with van der Waals surface area (Å²) in [5, 5.41) is 2.83. The zero-order valence-electron chi connectivity index (χ0n) is 13.1. The van der Waals surface area contributed by atoms with Crippen molar-refractivity contribution in [2.45, 2.75) is 26.7 Å². The smallest absolute Gasteiger partial charge is 0.287 e. The second-order valence-corrected chi connectivity index (χ2v) is 5.62. The summed E-state index contributed by atoms with van der Waals surface area (Å²) in [4.78, 5) is 18.4. The number of amides is 1. The molecule has 0 atom stereocenters. The lowest BCUT2D eigenvalue weighted by Gasteiger charge is -2.09. The average Bonchev–Trinajstić information content (AvgIpc) is 3.03. The molecule has 1 aromatic heterocycles. The van der Waals surface area contributed by atoms with Gasteiger partial charge in [-0.3, -0.25) is 4.79 Å². The largest absolute Gasteiger partial charge is 0.494 e. The summed E-state index contributed by atoms with van der Waals surface area (Å²) < 4.78 is 5.68. The van der Waals surface area contributed by atoms with Crippen molar-refractivity contribution in [3.05, 3.63) is 48.0 Å². The lowest BCUT2D eigenvalue weighted by atomic mass is 10.1. The van der Waals surface area contributed by atoms with Crippen molar-refractivity contribution in [1.29, 1.82) is 0 Å². The number of benzene rings is 1. The molecule has 1 heterocycles. The Labute approximate surface area is 131 Å². The van der Waals surface area contributed by atoms with Gasteiger partial charge in [-0.05, 0) is 36.5 Å². The number of carbonyl (C=O) groups excluding carboxylic acids is 1. The van der Waals surface area contributed by atoms with E-state index in [4.69, 9.17) is 4.74 Å². The van der Waals surface area contributed by atoms with Gasteiger partial charge in [0.1, 0.15) is 5.75 Å². The van der Waals surface area contributed by atoms with Crippen LogP contribution in [0.3, 0.4) is 0 Å². The predicted molar refractivity (Wildman–Crippen MR) is 86.0 cm³/mol. The average molecular weight is 301 g/mol. The van der Waals surface area contributed by atoms with Crippen LogP contribution in [0.5, 0.6) is 5.75 Å². The van der Waals surface area contributed by atoms with Gasteiger partial charge in [0.25, 0.3) is 5.91 Å². The van der Waals surface area contributed by atoms with E-state index in [1.165, 1.54) is 0 Å². The maximum Gasteiger partial charge on any atom is 0.287 e. The van der Waals surface area contributed by atoms with Crippen LogP contribution in [0.4, 0.5) is 0 Å². The number of aromatic nitrogens is 2. The summed E-state index contributed by atoms with van der Waals surface area (Å²) in [6.07, 6.45) is 5.03. The van der Waals surface area contributed by atoms with E-state index in [1.807, 2.05) is 24.3 Å². The molecular formula is C17H23N3O2. The quantitative estimate of drug-likeness (QED) is 0.788. The zero-order chi connectivity index (χ0) is 15.8. The Bertz CT molecular complexity index is 562. The van der Waals surface area contributed by atoms with Crippen LogP contribution in [0.15, 0.2) is 36.7 Å². The second kappa shape index (κ2) is 8.22. The summed E-state index contributed by atoms with van der Waals surface area (Å²) in [5.74, 6) is 1.70. The van der Waals surface area contributed by atoms with E-state index >= 15 is 0 Å². The minimum Gasteiger partial charge on any atom is -0.494 e. The first-order chi connectivity index (χ1) is 10.6. The Balaban J connectivity index is 1.71. The van der Waals surface area contributed by atoms with Crippen LogP contribution in [-0.4, -0.2) is 29.0 Å². The fraction of sp³-hybridized carbons (Fsp3) is 0.412. The Hall–Kier alpha value is -2.30. The predicted octanol–water partition coefficient (Wildman–Crippen LogP) is 2.81. The number of carbonyl (C=O) groups is 1. The van der Waals surface area contributed by atoms with Gasteiger partial charge in [-0.2, -0.15) is 0 Å². The van der Waals surface area contributed by atoms with Gasteiger partial charge in [0, 0.05) is 18.9 Å². The van der Waals surface area contributed by atoms with Crippen molar-refractivity contribution in [3.8, 4) is 5.75 Å². The maximum atomic E-state index is 11.7. The van der Waals surface area contributed by atoms with E-state index in [9.17, 15) is 4.79 Å². The molecule has 2 N–H and O–H groups in total. The summed E-state index contributed by atoms with van der Waals surface area (Å²) in [5.41, 5.74) is 1.16. The minimum atomic E-state index is -0.182. The third-order valence-corrected chi connectivity index (χ3v) is 3.30. The first-order valence-electron chi connectivity index (χ1n) is 7.64. The van der Waals surface area contributed by atoms with E-state index < -0.39 is 0 Å². The number of hydrogen-bond donors (Lipinski definition) is 2. The molecule has 0 aliphatic rings. The van der Waals surface area contributed by atoms with Gasteiger partial charge < -0.3 is 15.0 Å². The van der Waals surface area contributed by atoms with E-state index in [0.29, 0.717) is 18.3 Å². The SMILES string of the molecule is CC(C)CCOc1ccc(CCNC(=O)c2ncc[nH]2)cc1. The molecule has 22 heavy (non-hydrogen) atoms. The van der Waals surface area contributed by atoms with Gasteiger partial charge in [-0.15, -0.1) is 0 Å². The van der Waals surface area contributed by atoms with Crippen LogP contribution in [0.25, 0.3) is 0 Å². The molecule has 0 bridgehead atoms. The molecule has 118 valence electrons. The summed E-state index contributed by atoms with van der Waals surface area (Å²) in [7, 11) is 0. The Kier molecular flexibility index (Phi) is 6.01. The van der Waals surface area contributed by atoms with Crippen molar-refractivity contribution in [3.63, 3.8) is 0 Å². The summed E-state index contributed by atoms with van der Waals surface area (Å²) in [6, 6.07) is 8.02. The molecule has 2 aromatic rings. The number of rotatable bonds is 8. The Morgan fingerprint density at radius 3 is 2.73 bits per heavy atom. The van der Waals surface area contributed by atoms with Crippen LogP contribution in [0, 0.1) is 5.92 Å². The molecule has 0 saturated carbocycles.